The Hall–Kier alpha value is -2.16. The van der Waals surface area contributed by atoms with Crippen LogP contribution in [0.2, 0.25) is 0 Å². The van der Waals surface area contributed by atoms with Crippen LogP contribution in [-0.2, 0) is 12.6 Å². The third-order valence-corrected chi connectivity index (χ3v) is 4.43. The Morgan fingerprint density at radius 3 is 1.95 bits per heavy atom. The molecule has 0 saturated heterocycles. The van der Waals surface area contributed by atoms with Crippen LogP contribution in [0.4, 0.5) is 0 Å². The molecule has 2 aliphatic rings. The monoisotopic (exact) mass is 246 g/mol. The van der Waals surface area contributed by atoms with E-state index in [1.165, 1.54) is 27.7 Å². The molecule has 3 heteroatoms. The molecule has 2 aromatic heterocycles. The topological polar surface area (TPSA) is 26.3 Å². The molecule has 0 atom stereocenters. The molecule has 2 aliphatic heterocycles. The average molecular weight is 246 g/mol. The lowest BCUT2D eigenvalue weighted by Crippen LogP contribution is -2.43. The van der Waals surface area contributed by atoms with E-state index in [1.54, 1.807) is 12.5 Å². The van der Waals surface area contributed by atoms with Crippen LogP contribution in [0.25, 0.3) is 22.6 Å². The molecule has 0 saturated carbocycles. The Kier molecular flexibility index (Phi) is 1.66. The molecule has 3 aromatic rings. The van der Waals surface area contributed by atoms with E-state index in [0.29, 0.717) is 6.71 Å². The lowest BCUT2D eigenvalue weighted by atomic mass is 9.34. The van der Waals surface area contributed by atoms with Gasteiger partial charge in [0.05, 0.1) is 12.5 Å². The van der Waals surface area contributed by atoms with Gasteiger partial charge in [-0.1, -0.05) is 23.7 Å². The highest BCUT2D eigenvalue weighted by Crippen LogP contribution is 2.38. The van der Waals surface area contributed by atoms with Gasteiger partial charge in [-0.3, -0.25) is 0 Å². The zero-order chi connectivity index (χ0) is 12.4. The Bertz CT molecular complexity index is 734. The van der Waals surface area contributed by atoms with Crippen LogP contribution in [0.3, 0.4) is 0 Å². The van der Waals surface area contributed by atoms with Crippen LogP contribution in [-0.4, -0.2) is 6.71 Å². The number of furan rings is 2. The number of hydrogen-bond acceptors (Lipinski definition) is 2. The number of benzene rings is 1. The van der Waals surface area contributed by atoms with Gasteiger partial charge in [0, 0.05) is 11.1 Å². The lowest BCUT2D eigenvalue weighted by Gasteiger charge is -2.28. The standard InChI is InChI=1S/C16H11BO2/c1-2-12-14-13(3-1)16-11(5-7-19-16)9-17(14)8-10-4-6-18-15(10)12/h1-7H,8-9H2. The molecule has 0 radical (unpaired) electrons. The van der Waals surface area contributed by atoms with Crippen molar-refractivity contribution < 1.29 is 8.83 Å². The van der Waals surface area contributed by atoms with Crippen molar-refractivity contribution in [2.45, 2.75) is 12.6 Å². The van der Waals surface area contributed by atoms with Crippen LogP contribution in [0, 0.1) is 0 Å². The van der Waals surface area contributed by atoms with E-state index in [9.17, 15) is 0 Å². The van der Waals surface area contributed by atoms with Crippen LogP contribution in [0.1, 0.15) is 11.1 Å². The van der Waals surface area contributed by atoms with Gasteiger partial charge in [0.25, 0.3) is 0 Å². The average Bonchev–Trinajstić information content (AvgIpc) is 3.07. The van der Waals surface area contributed by atoms with Crippen molar-refractivity contribution in [3.05, 3.63) is 54.0 Å². The molecule has 2 nitrogen and oxygen atoms in total. The van der Waals surface area contributed by atoms with Crippen molar-refractivity contribution >= 4 is 12.2 Å². The van der Waals surface area contributed by atoms with E-state index in [-0.39, 0.29) is 0 Å². The summed E-state index contributed by atoms with van der Waals surface area (Å²) in [6.07, 6.45) is 5.75. The summed E-state index contributed by atoms with van der Waals surface area (Å²) in [7, 11) is 0. The minimum Gasteiger partial charge on any atom is -0.464 e. The summed E-state index contributed by atoms with van der Waals surface area (Å²) in [6.45, 7) is 0.557. The summed E-state index contributed by atoms with van der Waals surface area (Å²) in [5.74, 6) is 2.09. The smallest absolute Gasteiger partial charge is 0.186 e. The van der Waals surface area contributed by atoms with Crippen molar-refractivity contribution in [3.8, 4) is 22.6 Å². The van der Waals surface area contributed by atoms with Crippen molar-refractivity contribution in [1.29, 1.82) is 0 Å². The molecule has 0 bridgehead atoms. The Morgan fingerprint density at radius 1 is 0.789 bits per heavy atom. The van der Waals surface area contributed by atoms with Crippen molar-refractivity contribution in [3.63, 3.8) is 0 Å². The van der Waals surface area contributed by atoms with E-state index >= 15 is 0 Å². The Balaban J connectivity index is 1.89. The first kappa shape index (κ1) is 9.73. The molecule has 5 rings (SSSR count). The lowest BCUT2D eigenvalue weighted by molar-refractivity contribution is 0.577. The van der Waals surface area contributed by atoms with E-state index < -0.39 is 0 Å². The van der Waals surface area contributed by atoms with Crippen molar-refractivity contribution in [1.82, 2.24) is 0 Å². The third-order valence-electron chi connectivity index (χ3n) is 4.43. The molecule has 90 valence electrons. The predicted octanol–water partition coefficient (Wildman–Crippen LogP) is 3.10. The molecule has 4 heterocycles. The largest absolute Gasteiger partial charge is 0.464 e. The molecular formula is C16H11BO2. The van der Waals surface area contributed by atoms with E-state index in [0.717, 1.165) is 24.2 Å². The predicted molar refractivity (Wildman–Crippen MR) is 74.6 cm³/mol. The Labute approximate surface area is 111 Å². The van der Waals surface area contributed by atoms with Gasteiger partial charge in [0.2, 0.25) is 0 Å². The minimum absolute atomic E-state index is 0.557. The minimum atomic E-state index is 0.557. The first-order valence-electron chi connectivity index (χ1n) is 6.68. The van der Waals surface area contributed by atoms with Gasteiger partial charge >= 0.3 is 0 Å². The fourth-order valence-electron chi connectivity index (χ4n) is 3.67. The molecule has 0 aliphatic carbocycles. The number of hydrogen-bond donors (Lipinski definition) is 0. The molecule has 0 N–H and O–H groups in total. The molecule has 0 amide bonds. The zero-order valence-electron chi connectivity index (χ0n) is 10.3. The maximum absolute atomic E-state index is 5.69. The fraction of sp³-hybridized carbons (Fsp3) is 0.125. The van der Waals surface area contributed by atoms with Gasteiger partial charge < -0.3 is 8.83 Å². The Morgan fingerprint density at radius 2 is 1.37 bits per heavy atom. The van der Waals surface area contributed by atoms with Gasteiger partial charge in [-0.05, 0) is 35.9 Å². The van der Waals surface area contributed by atoms with E-state index in [1.807, 2.05) is 0 Å². The summed E-state index contributed by atoms with van der Waals surface area (Å²) in [5, 5.41) is 0. The molecule has 0 unspecified atom stereocenters. The second kappa shape index (κ2) is 3.24. The van der Waals surface area contributed by atoms with Crippen molar-refractivity contribution in [2.75, 3.05) is 0 Å². The fourth-order valence-corrected chi connectivity index (χ4v) is 3.67. The van der Waals surface area contributed by atoms with E-state index in [4.69, 9.17) is 8.83 Å². The van der Waals surface area contributed by atoms with Crippen molar-refractivity contribution in [2.24, 2.45) is 0 Å². The SMILES string of the molecule is c1cc2c3c(c1)-c1occc1CB3Cc1ccoc1-2. The van der Waals surface area contributed by atoms with Gasteiger partial charge in [-0.25, -0.2) is 0 Å². The zero-order valence-corrected chi connectivity index (χ0v) is 10.3. The van der Waals surface area contributed by atoms with Crippen LogP contribution in [0.5, 0.6) is 0 Å². The van der Waals surface area contributed by atoms with Gasteiger partial charge in [-0.15, -0.1) is 0 Å². The van der Waals surface area contributed by atoms with Crippen LogP contribution < -0.4 is 5.46 Å². The first-order valence-corrected chi connectivity index (χ1v) is 6.68. The highest BCUT2D eigenvalue weighted by atomic mass is 16.3. The maximum Gasteiger partial charge on any atom is 0.186 e. The van der Waals surface area contributed by atoms with Crippen LogP contribution in [0.15, 0.2) is 51.7 Å². The number of fused-ring (bicyclic) bond motifs is 4. The molecule has 19 heavy (non-hydrogen) atoms. The number of rotatable bonds is 0. The summed E-state index contributed by atoms with van der Waals surface area (Å²) in [4.78, 5) is 0. The van der Waals surface area contributed by atoms with Gasteiger partial charge in [0.15, 0.2) is 6.71 Å². The van der Waals surface area contributed by atoms with E-state index in [2.05, 4.69) is 30.3 Å². The van der Waals surface area contributed by atoms with Crippen LogP contribution >= 0.6 is 0 Å². The highest BCUT2D eigenvalue weighted by Gasteiger charge is 2.36. The maximum atomic E-state index is 5.69. The quantitative estimate of drug-likeness (QED) is 0.569. The molecule has 0 fully saturated rings. The molecular weight excluding hydrogens is 235 g/mol. The second-order valence-corrected chi connectivity index (χ2v) is 5.42. The highest BCUT2D eigenvalue weighted by molar-refractivity contribution is 6.76. The first-order chi connectivity index (χ1) is 9.42. The van der Waals surface area contributed by atoms with Gasteiger partial charge in [-0.2, -0.15) is 0 Å². The van der Waals surface area contributed by atoms with Gasteiger partial charge in [0.1, 0.15) is 11.5 Å². The molecule has 1 aromatic carbocycles. The summed E-state index contributed by atoms with van der Waals surface area (Å²) in [5.41, 5.74) is 6.57. The second-order valence-electron chi connectivity index (χ2n) is 5.42. The molecule has 0 spiro atoms. The third kappa shape index (κ3) is 1.13. The summed E-state index contributed by atoms with van der Waals surface area (Å²) in [6, 6.07) is 10.6. The normalized spacial score (nSPS) is 14.8. The summed E-state index contributed by atoms with van der Waals surface area (Å²) >= 11 is 0. The summed E-state index contributed by atoms with van der Waals surface area (Å²) < 4.78 is 11.4.